The molecule has 0 aliphatic carbocycles. The summed E-state index contributed by atoms with van der Waals surface area (Å²) in [5.74, 6) is -3.10. The van der Waals surface area contributed by atoms with Crippen molar-refractivity contribution >= 4 is 23.3 Å². The van der Waals surface area contributed by atoms with Crippen LogP contribution in [0.25, 0.3) is 0 Å². The Labute approximate surface area is 257 Å². The van der Waals surface area contributed by atoms with E-state index < -0.39 is 34.8 Å². The SMILES string of the molecule is COc1cc(C(=O)NC2CCN(C)CC2)c(F)cc1Nc1ncc(C(F)(F)F)c(Oc2cccc3c2C(=O)CC(C)(C)CO3)n1. The topological polar surface area (TPSA) is 115 Å². The number of carbonyl (C=O) groups excluding carboxylic acids is 2. The molecule has 10 nitrogen and oxygen atoms in total. The van der Waals surface area contributed by atoms with E-state index in [0.29, 0.717) is 6.20 Å². The molecule has 0 bridgehead atoms. The van der Waals surface area contributed by atoms with E-state index in [1.54, 1.807) is 0 Å². The molecule has 0 radical (unpaired) electrons. The third-order valence-corrected chi connectivity index (χ3v) is 7.62. The molecule has 5 rings (SSSR count). The van der Waals surface area contributed by atoms with Crippen LogP contribution in [-0.4, -0.2) is 66.5 Å². The minimum Gasteiger partial charge on any atom is -0.495 e. The number of carbonyl (C=O) groups is 2. The van der Waals surface area contributed by atoms with Crippen molar-refractivity contribution < 1.29 is 41.4 Å². The van der Waals surface area contributed by atoms with Crippen LogP contribution in [0.1, 0.15) is 59.4 Å². The summed E-state index contributed by atoms with van der Waals surface area (Å²) in [4.78, 5) is 35.8. The van der Waals surface area contributed by atoms with Crippen LogP contribution in [-0.2, 0) is 6.18 Å². The van der Waals surface area contributed by atoms with Gasteiger partial charge in [-0.15, -0.1) is 0 Å². The molecular weight excluding hydrogens is 598 g/mol. The van der Waals surface area contributed by atoms with E-state index in [1.807, 2.05) is 20.9 Å². The first-order valence-corrected chi connectivity index (χ1v) is 14.3. The van der Waals surface area contributed by atoms with Crippen LogP contribution in [0.4, 0.5) is 29.2 Å². The molecule has 0 atom stereocenters. The molecule has 0 spiro atoms. The summed E-state index contributed by atoms with van der Waals surface area (Å²) < 4.78 is 73.9. The highest BCUT2D eigenvalue weighted by Gasteiger charge is 2.38. The van der Waals surface area contributed by atoms with Crippen molar-refractivity contribution in [2.45, 2.75) is 45.3 Å². The van der Waals surface area contributed by atoms with Crippen molar-refractivity contribution in [3.63, 3.8) is 0 Å². The maximum Gasteiger partial charge on any atom is 0.423 e. The van der Waals surface area contributed by atoms with Crippen molar-refractivity contribution in [3.05, 3.63) is 59.0 Å². The predicted molar refractivity (Wildman–Crippen MR) is 156 cm³/mol. The number of nitrogens with one attached hydrogen (secondary N) is 2. The Morgan fingerprint density at radius 2 is 1.89 bits per heavy atom. The van der Waals surface area contributed by atoms with Crippen LogP contribution in [0.15, 0.2) is 36.5 Å². The number of rotatable bonds is 7. The minimum atomic E-state index is -4.91. The van der Waals surface area contributed by atoms with E-state index >= 15 is 4.39 Å². The number of fused-ring (bicyclic) bond motifs is 1. The van der Waals surface area contributed by atoms with Gasteiger partial charge in [0.1, 0.15) is 34.2 Å². The average Bonchev–Trinajstić information content (AvgIpc) is 3.08. The molecule has 2 aromatic carbocycles. The van der Waals surface area contributed by atoms with E-state index in [0.717, 1.165) is 32.0 Å². The third kappa shape index (κ3) is 7.27. The smallest absolute Gasteiger partial charge is 0.423 e. The number of Topliss-reactive ketones (excluding diaryl/α,β-unsaturated/α-hetero) is 1. The van der Waals surface area contributed by atoms with Gasteiger partial charge in [0.05, 0.1) is 25.0 Å². The zero-order valence-electron chi connectivity index (χ0n) is 25.2. The molecule has 3 aromatic rings. The quantitative estimate of drug-likeness (QED) is 0.303. The third-order valence-electron chi connectivity index (χ3n) is 7.62. The number of hydrogen-bond acceptors (Lipinski definition) is 9. The number of ketones is 1. The zero-order chi connectivity index (χ0) is 32.5. The van der Waals surface area contributed by atoms with Crippen LogP contribution in [0.5, 0.6) is 23.1 Å². The summed E-state index contributed by atoms with van der Waals surface area (Å²) in [7, 11) is 3.27. The van der Waals surface area contributed by atoms with Crippen molar-refractivity contribution in [2.24, 2.45) is 5.41 Å². The van der Waals surface area contributed by atoms with E-state index in [4.69, 9.17) is 14.2 Å². The maximum absolute atomic E-state index is 15.2. The summed E-state index contributed by atoms with van der Waals surface area (Å²) in [6, 6.07) is 6.43. The fraction of sp³-hybridized carbons (Fsp3) is 0.419. The van der Waals surface area contributed by atoms with Crippen molar-refractivity contribution in [1.82, 2.24) is 20.2 Å². The van der Waals surface area contributed by atoms with Gasteiger partial charge in [0.15, 0.2) is 5.78 Å². The number of likely N-dealkylation sites (tertiary alicyclic amines) is 1. The first-order chi connectivity index (χ1) is 21.2. The van der Waals surface area contributed by atoms with Gasteiger partial charge in [-0.1, -0.05) is 19.9 Å². The van der Waals surface area contributed by atoms with Crippen molar-refractivity contribution in [1.29, 1.82) is 0 Å². The summed E-state index contributed by atoms with van der Waals surface area (Å²) in [6.07, 6.45) is -2.86. The average molecular weight is 632 g/mol. The second-order valence-electron chi connectivity index (χ2n) is 11.9. The van der Waals surface area contributed by atoms with Crippen LogP contribution in [0, 0.1) is 11.2 Å². The lowest BCUT2D eigenvalue weighted by atomic mass is 9.87. The van der Waals surface area contributed by atoms with Crippen LogP contribution in [0.3, 0.4) is 0 Å². The molecule has 0 saturated carbocycles. The van der Waals surface area contributed by atoms with E-state index in [2.05, 4.69) is 25.5 Å². The molecule has 1 saturated heterocycles. The Hall–Kier alpha value is -4.46. The first-order valence-electron chi connectivity index (χ1n) is 14.3. The normalized spacial score (nSPS) is 17.1. The van der Waals surface area contributed by atoms with Gasteiger partial charge >= 0.3 is 6.18 Å². The number of amides is 1. The van der Waals surface area contributed by atoms with Gasteiger partial charge in [0.25, 0.3) is 5.91 Å². The lowest BCUT2D eigenvalue weighted by Crippen LogP contribution is -2.43. The lowest BCUT2D eigenvalue weighted by Gasteiger charge is -2.29. The highest BCUT2D eigenvalue weighted by Crippen LogP contribution is 2.42. The molecule has 2 aliphatic heterocycles. The van der Waals surface area contributed by atoms with Crippen molar-refractivity contribution in [2.75, 3.05) is 39.2 Å². The first kappa shape index (κ1) is 31.9. The molecular formula is C31H33F4N5O5. The molecule has 2 aliphatic rings. The van der Waals surface area contributed by atoms with Gasteiger partial charge in [-0.3, -0.25) is 9.59 Å². The Balaban J connectivity index is 1.44. The summed E-state index contributed by atoms with van der Waals surface area (Å²) in [5, 5.41) is 5.49. The van der Waals surface area contributed by atoms with Crippen LogP contribution in [0.2, 0.25) is 0 Å². The van der Waals surface area contributed by atoms with E-state index in [9.17, 15) is 22.8 Å². The second kappa shape index (κ2) is 12.5. The number of anilines is 2. The Kier molecular flexibility index (Phi) is 8.88. The van der Waals surface area contributed by atoms with E-state index in [1.165, 1.54) is 31.4 Å². The van der Waals surface area contributed by atoms with E-state index in [-0.39, 0.29) is 64.9 Å². The molecule has 1 fully saturated rings. The van der Waals surface area contributed by atoms with Gasteiger partial charge in [-0.05, 0) is 51.2 Å². The minimum absolute atomic E-state index is 0.00201. The molecule has 1 aromatic heterocycles. The molecule has 14 heteroatoms. The molecule has 0 unspecified atom stereocenters. The highest BCUT2D eigenvalue weighted by atomic mass is 19.4. The maximum atomic E-state index is 15.2. The summed E-state index contributed by atoms with van der Waals surface area (Å²) in [5.41, 5.74) is -2.10. The number of nitrogens with zero attached hydrogens (tertiary/aromatic N) is 3. The number of benzene rings is 2. The largest absolute Gasteiger partial charge is 0.495 e. The zero-order valence-corrected chi connectivity index (χ0v) is 25.2. The van der Waals surface area contributed by atoms with Gasteiger partial charge in [-0.2, -0.15) is 18.2 Å². The molecule has 1 amide bonds. The van der Waals surface area contributed by atoms with Gasteiger partial charge in [0, 0.05) is 30.1 Å². The second-order valence-corrected chi connectivity index (χ2v) is 11.9. The van der Waals surface area contributed by atoms with Gasteiger partial charge in [0.2, 0.25) is 11.8 Å². The number of hydrogen-bond donors (Lipinski definition) is 2. The Bertz CT molecular complexity index is 1610. The lowest BCUT2D eigenvalue weighted by molar-refractivity contribution is -0.139. The number of ether oxygens (including phenoxy) is 3. The number of halogens is 4. The summed E-state index contributed by atoms with van der Waals surface area (Å²) >= 11 is 0. The highest BCUT2D eigenvalue weighted by molar-refractivity contribution is 6.02. The standard InChI is InChI=1S/C31H33F4N5O5/c1-30(2)14-22(41)26-23(44-16-30)6-5-7-24(26)45-28-19(31(33,34)35)15-36-29(39-28)38-21-13-20(32)18(12-25(21)43-4)27(42)37-17-8-10-40(3)11-9-17/h5-7,12-13,15,17H,8-11,14,16H2,1-4H3,(H,37,42)(H,36,38,39). The van der Waals surface area contributed by atoms with Gasteiger partial charge in [-0.25, -0.2) is 9.37 Å². The molecule has 45 heavy (non-hydrogen) atoms. The molecule has 2 N–H and O–H groups in total. The fourth-order valence-electron chi connectivity index (χ4n) is 5.17. The number of piperidine rings is 1. The van der Waals surface area contributed by atoms with Gasteiger partial charge < -0.3 is 29.7 Å². The van der Waals surface area contributed by atoms with Crippen molar-refractivity contribution in [3.8, 4) is 23.1 Å². The number of alkyl halides is 3. The summed E-state index contributed by atoms with van der Waals surface area (Å²) in [6.45, 7) is 5.50. The monoisotopic (exact) mass is 631 g/mol. The van der Waals surface area contributed by atoms with Crippen LogP contribution >= 0.6 is 0 Å². The molecule has 3 heterocycles. The Morgan fingerprint density at radius 1 is 1.16 bits per heavy atom. The number of methoxy groups -OCH3 is 1. The van der Waals surface area contributed by atoms with Crippen LogP contribution < -0.4 is 24.8 Å². The number of aromatic nitrogens is 2. The Morgan fingerprint density at radius 3 is 2.58 bits per heavy atom. The molecule has 240 valence electrons. The predicted octanol–water partition coefficient (Wildman–Crippen LogP) is 5.99. The fourth-order valence-corrected chi connectivity index (χ4v) is 5.17.